The van der Waals surface area contributed by atoms with Crippen LogP contribution in [-0.4, -0.2) is 18.5 Å². The minimum atomic E-state index is -0.0248. The fourth-order valence-electron chi connectivity index (χ4n) is 2.38. The second-order valence-electron chi connectivity index (χ2n) is 4.62. The molecule has 3 rings (SSSR count). The molecule has 2 heterocycles. The first-order chi connectivity index (χ1) is 8.84. The van der Waals surface area contributed by atoms with Crippen LogP contribution in [0.4, 0.5) is 0 Å². The van der Waals surface area contributed by atoms with Gasteiger partial charge < -0.3 is 15.1 Å². The van der Waals surface area contributed by atoms with Crippen LogP contribution in [0.2, 0.25) is 0 Å². The van der Waals surface area contributed by atoms with Crippen LogP contribution in [0.3, 0.4) is 0 Å². The van der Waals surface area contributed by atoms with Crippen molar-refractivity contribution in [1.29, 1.82) is 0 Å². The predicted octanol–water partition coefficient (Wildman–Crippen LogP) is 1.80. The van der Waals surface area contributed by atoms with Crippen LogP contribution in [-0.2, 0) is 11.3 Å². The van der Waals surface area contributed by atoms with Crippen molar-refractivity contribution in [3.8, 4) is 0 Å². The predicted molar refractivity (Wildman–Crippen MR) is 69.1 cm³/mol. The van der Waals surface area contributed by atoms with Crippen molar-refractivity contribution >= 4 is 16.9 Å². The van der Waals surface area contributed by atoms with E-state index in [2.05, 4.69) is 10.6 Å². The van der Waals surface area contributed by atoms with Gasteiger partial charge in [-0.3, -0.25) is 4.79 Å². The van der Waals surface area contributed by atoms with Crippen molar-refractivity contribution < 1.29 is 9.21 Å². The molecule has 0 aliphatic carbocycles. The normalized spacial score (nSPS) is 19.2. The van der Waals surface area contributed by atoms with E-state index in [0.717, 1.165) is 35.9 Å². The van der Waals surface area contributed by atoms with E-state index in [9.17, 15) is 4.79 Å². The fraction of sp³-hybridized carbons (Fsp3) is 0.357. The van der Waals surface area contributed by atoms with E-state index in [1.165, 1.54) is 0 Å². The number of nitrogens with one attached hydrogen (secondary N) is 2. The zero-order chi connectivity index (χ0) is 12.4. The Labute approximate surface area is 105 Å². The van der Waals surface area contributed by atoms with Crippen molar-refractivity contribution in [1.82, 2.24) is 10.6 Å². The van der Waals surface area contributed by atoms with E-state index < -0.39 is 0 Å². The topological polar surface area (TPSA) is 54.3 Å². The summed E-state index contributed by atoms with van der Waals surface area (Å²) < 4.78 is 5.44. The molecular weight excluding hydrogens is 228 g/mol. The highest BCUT2D eigenvalue weighted by Crippen LogP contribution is 2.20. The number of carbonyl (C=O) groups excluding carboxylic acids is 1. The van der Waals surface area contributed by atoms with Gasteiger partial charge in [-0.2, -0.15) is 0 Å². The highest BCUT2D eigenvalue weighted by atomic mass is 16.3. The molecule has 1 fully saturated rings. The Bertz CT molecular complexity index is 556. The smallest absolute Gasteiger partial charge is 0.237 e. The zero-order valence-corrected chi connectivity index (χ0v) is 10.1. The maximum Gasteiger partial charge on any atom is 0.237 e. The first-order valence-electron chi connectivity index (χ1n) is 6.31. The lowest BCUT2D eigenvalue weighted by Gasteiger charge is -2.10. The number of fused-ring (bicyclic) bond motifs is 1. The average molecular weight is 244 g/mol. The third-order valence-electron chi connectivity index (χ3n) is 3.39. The molecule has 0 radical (unpaired) electrons. The van der Waals surface area contributed by atoms with Gasteiger partial charge in [-0.15, -0.1) is 0 Å². The molecule has 1 aliphatic heterocycles. The fourth-order valence-corrected chi connectivity index (χ4v) is 2.38. The molecule has 2 N–H and O–H groups in total. The van der Waals surface area contributed by atoms with Crippen LogP contribution in [0.25, 0.3) is 11.0 Å². The van der Waals surface area contributed by atoms with Crippen molar-refractivity contribution in [2.75, 3.05) is 6.54 Å². The van der Waals surface area contributed by atoms with E-state index in [1.54, 1.807) is 6.26 Å². The number of carbonyl (C=O) groups is 1. The van der Waals surface area contributed by atoms with Gasteiger partial charge in [0.2, 0.25) is 5.91 Å². The number of para-hydroxylation sites is 1. The maximum absolute atomic E-state index is 11.9. The lowest BCUT2D eigenvalue weighted by molar-refractivity contribution is -0.122. The summed E-state index contributed by atoms with van der Waals surface area (Å²) in [4.78, 5) is 11.9. The molecule has 1 atom stereocenters. The van der Waals surface area contributed by atoms with E-state index in [0.29, 0.717) is 6.54 Å². The molecule has 0 saturated carbocycles. The lowest BCUT2D eigenvalue weighted by atomic mass is 10.1. The van der Waals surface area contributed by atoms with Crippen molar-refractivity contribution in [3.63, 3.8) is 0 Å². The molecule has 1 aliphatic rings. The third kappa shape index (κ3) is 2.11. The monoisotopic (exact) mass is 244 g/mol. The Morgan fingerprint density at radius 3 is 3.17 bits per heavy atom. The molecule has 94 valence electrons. The quantitative estimate of drug-likeness (QED) is 0.865. The molecule has 1 amide bonds. The summed E-state index contributed by atoms with van der Waals surface area (Å²) >= 11 is 0. The van der Waals surface area contributed by atoms with Gasteiger partial charge in [0.25, 0.3) is 0 Å². The molecule has 18 heavy (non-hydrogen) atoms. The van der Waals surface area contributed by atoms with Crippen molar-refractivity contribution in [3.05, 3.63) is 36.1 Å². The number of rotatable bonds is 3. The Morgan fingerprint density at radius 2 is 2.33 bits per heavy atom. The SMILES string of the molecule is O=C(NCc1coc2ccccc12)C1CCCN1. The van der Waals surface area contributed by atoms with Gasteiger partial charge in [0.1, 0.15) is 5.58 Å². The summed E-state index contributed by atoms with van der Waals surface area (Å²) in [6.07, 6.45) is 3.72. The molecule has 1 aromatic heterocycles. The molecular formula is C14H16N2O2. The maximum atomic E-state index is 11.9. The third-order valence-corrected chi connectivity index (χ3v) is 3.39. The van der Waals surface area contributed by atoms with Crippen LogP contribution in [0, 0.1) is 0 Å². The molecule has 0 spiro atoms. The van der Waals surface area contributed by atoms with Crippen LogP contribution in [0.1, 0.15) is 18.4 Å². The van der Waals surface area contributed by atoms with Gasteiger partial charge in [-0.05, 0) is 25.5 Å². The van der Waals surface area contributed by atoms with Crippen molar-refractivity contribution in [2.24, 2.45) is 0 Å². The summed E-state index contributed by atoms with van der Waals surface area (Å²) in [7, 11) is 0. The Balaban J connectivity index is 1.67. The van der Waals surface area contributed by atoms with Crippen LogP contribution >= 0.6 is 0 Å². The standard InChI is InChI=1S/C14H16N2O2/c17-14(12-5-3-7-15-12)16-8-10-9-18-13-6-2-1-4-11(10)13/h1-2,4,6,9,12,15H,3,5,7-8H2,(H,16,17). The van der Waals surface area contributed by atoms with Gasteiger partial charge in [0.05, 0.1) is 12.3 Å². The van der Waals surface area contributed by atoms with E-state index >= 15 is 0 Å². The Hall–Kier alpha value is -1.81. The molecule has 0 bridgehead atoms. The average Bonchev–Trinajstić information content (AvgIpc) is 3.06. The number of hydrogen-bond donors (Lipinski definition) is 2. The van der Waals surface area contributed by atoms with Crippen LogP contribution in [0.5, 0.6) is 0 Å². The number of benzene rings is 1. The molecule has 4 heteroatoms. The summed E-state index contributed by atoms with van der Waals surface area (Å²) in [6, 6.07) is 7.83. The molecule has 1 aromatic carbocycles. The summed E-state index contributed by atoms with van der Waals surface area (Å²) in [6.45, 7) is 1.46. The summed E-state index contributed by atoms with van der Waals surface area (Å²) in [5.41, 5.74) is 1.89. The number of amides is 1. The summed E-state index contributed by atoms with van der Waals surface area (Å²) in [5.74, 6) is 0.0813. The van der Waals surface area contributed by atoms with Crippen LogP contribution in [0.15, 0.2) is 34.9 Å². The van der Waals surface area contributed by atoms with Crippen LogP contribution < -0.4 is 10.6 Å². The minimum absolute atomic E-state index is 0.0248. The van der Waals surface area contributed by atoms with Gasteiger partial charge in [0.15, 0.2) is 0 Å². The van der Waals surface area contributed by atoms with Crippen molar-refractivity contribution in [2.45, 2.75) is 25.4 Å². The summed E-state index contributed by atoms with van der Waals surface area (Å²) in [5, 5.41) is 7.21. The second-order valence-corrected chi connectivity index (χ2v) is 4.62. The first kappa shape index (κ1) is 11.3. The van der Waals surface area contributed by atoms with E-state index in [-0.39, 0.29) is 11.9 Å². The number of hydrogen-bond acceptors (Lipinski definition) is 3. The molecule has 4 nitrogen and oxygen atoms in total. The zero-order valence-electron chi connectivity index (χ0n) is 10.1. The highest BCUT2D eigenvalue weighted by Gasteiger charge is 2.21. The largest absolute Gasteiger partial charge is 0.464 e. The Kier molecular flexibility index (Phi) is 3.02. The first-order valence-corrected chi connectivity index (χ1v) is 6.31. The van der Waals surface area contributed by atoms with Gasteiger partial charge in [0, 0.05) is 17.5 Å². The Morgan fingerprint density at radius 1 is 1.44 bits per heavy atom. The van der Waals surface area contributed by atoms with E-state index in [4.69, 9.17) is 4.42 Å². The van der Waals surface area contributed by atoms with Gasteiger partial charge in [-0.25, -0.2) is 0 Å². The van der Waals surface area contributed by atoms with E-state index in [1.807, 2.05) is 24.3 Å². The molecule has 1 unspecified atom stereocenters. The molecule has 1 saturated heterocycles. The highest BCUT2D eigenvalue weighted by molar-refractivity contribution is 5.84. The molecule has 2 aromatic rings. The minimum Gasteiger partial charge on any atom is -0.464 e. The lowest BCUT2D eigenvalue weighted by Crippen LogP contribution is -2.39. The second kappa shape index (κ2) is 4.82. The van der Waals surface area contributed by atoms with Gasteiger partial charge in [-0.1, -0.05) is 18.2 Å². The number of furan rings is 1. The van der Waals surface area contributed by atoms with Gasteiger partial charge >= 0.3 is 0 Å².